The molecule has 0 saturated heterocycles. The monoisotopic (exact) mass is 308 g/mol. The molecule has 17 heavy (non-hydrogen) atoms. The molecule has 0 unspecified atom stereocenters. The van der Waals surface area contributed by atoms with E-state index in [4.69, 9.17) is 5.11 Å². The SMILES string of the molecule is C[C@@H](CO)NC(=O)Nc1cc(F)c(Br)cc1F. The molecule has 0 heterocycles. The minimum absolute atomic E-state index is 0.0234. The Bertz CT molecular complexity index is 429. The predicted octanol–water partition coefficient (Wildman–Crippen LogP) is 2.23. The van der Waals surface area contributed by atoms with Crippen LogP contribution in [0.1, 0.15) is 6.92 Å². The van der Waals surface area contributed by atoms with Crippen LogP contribution in [0.25, 0.3) is 0 Å². The zero-order chi connectivity index (χ0) is 13.0. The van der Waals surface area contributed by atoms with E-state index in [0.29, 0.717) is 0 Å². The first kappa shape index (κ1) is 13.9. The van der Waals surface area contributed by atoms with Gasteiger partial charge in [0.15, 0.2) is 0 Å². The molecule has 0 aliphatic heterocycles. The van der Waals surface area contributed by atoms with Crippen molar-refractivity contribution in [3.8, 4) is 0 Å². The summed E-state index contributed by atoms with van der Waals surface area (Å²) in [5, 5.41) is 13.2. The Morgan fingerprint density at radius 3 is 2.71 bits per heavy atom. The van der Waals surface area contributed by atoms with Crippen LogP contribution in [0.3, 0.4) is 0 Å². The molecule has 1 rings (SSSR count). The highest BCUT2D eigenvalue weighted by Gasteiger charge is 2.12. The van der Waals surface area contributed by atoms with E-state index >= 15 is 0 Å². The maximum absolute atomic E-state index is 13.3. The Kier molecular flexibility index (Phi) is 4.83. The van der Waals surface area contributed by atoms with Crippen LogP contribution < -0.4 is 10.6 Å². The van der Waals surface area contributed by atoms with Crippen molar-refractivity contribution < 1.29 is 18.7 Å². The molecule has 1 aromatic rings. The van der Waals surface area contributed by atoms with Crippen LogP contribution in [0.5, 0.6) is 0 Å². The number of hydrogen-bond acceptors (Lipinski definition) is 2. The van der Waals surface area contributed by atoms with E-state index in [1.54, 1.807) is 6.92 Å². The number of nitrogens with one attached hydrogen (secondary N) is 2. The molecule has 4 nitrogen and oxygen atoms in total. The van der Waals surface area contributed by atoms with Crippen molar-refractivity contribution in [2.45, 2.75) is 13.0 Å². The number of hydrogen-bond donors (Lipinski definition) is 3. The van der Waals surface area contributed by atoms with Gasteiger partial charge < -0.3 is 15.7 Å². The largest absolute Gasteiger partial charge is 0.394 e. The van der Waals surface area contributed by atoms with Crippen LogP contribution in [0, 0.1) is 11.6 Å². The van der Waals surface area contributed by atoms with Gasteiger partial charge in [-0.25, -0.2) is 13.6 Å². The third kappa shape index (κ3) is 3.94. The second kappa shape index (κ2) is 5.92. The van der Waals surface area contributed by atoms with E-state index in [0.717, 1.165) is 12.1 Å². The van der Waals surface area contributed by atoms with Gasteiger partial charge in [0.25, 0.3) is 0 Å². The van der Waals surface area contributed by atoms with Gasteiger partial charge in [0, 0.05) is 6.07 Å². The van der Waals surface area contributed by atoms with E-state index in [1.165, 1.54) is 0 Å². The maximum Gasteiger partial charge on any atom is 0.319 e. The highest BCUT2D eigenvalue weighted by molar-refractivity contribution is 9.10. The number of rotatable bonds is 3. The van der Waals surface area contributed by atoms with Crippen LogP contribution in [-0.2, 0) is 0 Å². The van der Waals surface area contributed by atoms with Gasteiger partial charge in [0.05, 0.1) is 22.8 Å². The quantitative estimate of drug-likeness (QED) is 0.750. The Morgan fingerprint density at radius 1 is 1.47 bits per heavy atom. The fourth-order valence-corrected chi connectivity index (χ4v) is 1.36. The smallest absolute Gasteiger partial charge is 0.319 e. The van der Waals surface area contributed by atoms with E-state index in [-0.39, 0.29) is 16.8 Å². The van der Waals surface area contributed by atoms with Crippen molar-refractivity contribution in [3.05, 3.63) is 28.2 Å². The fourth-order valence-electron chi connectivity index (χ4n) is 1.05. The first-order chi connectivity index (χ1) is 7.93. The van der Waals surface area contributed by atoms with Crippen LogP contribution in [0.15, 0.2) is 16.6 Å². The zero-order valence-electron chi connectivity index (χ0n) is 8.93. The van der Waals surface area contributed by atoms with E-state index < -0.39 is 23.7 Å². The number of amides is 2. The van der Waals surface area contributed by atoms with Gasteiger partial charge in [-0.15, -0.1) is 0 Å². The molecular weight excluding hydrogens is 298 g/mol. The third-order valence-corrected chi connectivity index (χ3v) is 2.52. The van der Waals surface area contributed by atoms with Gasteiger partial charge >= 0.3 is 6.03 Å². The molecule has 0 radical (unpaired) electrons. The summed E-state index contributed by atoms with van der Waals surface area (Å²) in [6.07, 6.45) is 0. The van der Waals surface area contributed by atoms with Crippen molar-refractivity contribution in [1.82, 2.24) is 5.32 Å². The summed E-state index contributed by atoms with van der Waals surface area (Å²) in [5.41, 5.74) is -0.270. The molecule has 0 aliphatic carbocycles. The van der Waals surface area contributed by atoms with Crippen molar-refractivity contribution in [2.24, 2.45) is 0 Å². The summed E-state index contributed by atoms with van der Waals surface area (Å²) in [7, 11) is 0. The van der Waals surface area contributed by atoms with E-state index in [9.17, 15) is 13.6 Å². The van der Waals surface area contributed by atoms with Gasteiger partial charge in [-0.3, -0.25) is 0 Å². The summed E-state index contributed by atoms with van der Waals surface area (Å²) in [6.45, 7) is 1.32. The second-order valence-corrected chi connectivity index (χ2v) is 4.28. The number of anilines is 1. The Morgan fingerprint density at radius 2 is 2.12 bits per heavy atom. The molecule has 1 aromatic carbocycles. The van der Waals surface area contributed by atoms with Gasteiger partial charge in [0.2, 0.25) is 0 Å². The summed E-state index contributed by atoms with van der Waals surface area (Å²) in [5.74, 6) is -1.44. The molecule has 0 bridgehead atoms. The maximum atomic E-state index is 13.3. The fraction of sp³-hybridized carbons (Fsp3) is 0.300. The summed E-state index contributed by atoms with van der Waals surface area (Å²) < 4.78 is 26.4. The number of urea groups is 1. The summed E-state index contributed by atoms with van der Waals surface area (Å²) >= 11 is 2.82. The van der Waals surface area contributed by atoms with Crippen LogP contribution in [-0.4, -0.2) is 23.8 Å². The third-order valence-electron chi connectivity index (χ3n) is 1.91. The zero-order valence-corrected chi connectivity index (χ0v) is 10.5. The van der Waals surface area contributed by atoms with Crippen molar-refractivity contribution >= 4 is 27.6 Å². The minimum atomic E-state index is -0.759. The Balaban J connectivity index is 2.75. The van der Waals surface area contributed by atoms with Gasteiger partial charge in [-0.1, -0.05) is 0 Å². The lowest BCUT2D eigenvalue weighted by Crippen LogP contribution is -2.38. The number of carbonyl (C=O) groups excluding carboxylic acids is 1. The Hall–Kier alpha value is -1.21. The molecule has 94 valence electrons. The standard InChI is InChI=1S/C10H11BrF2N2O2/c1-5(4-16)14-10(17)15-9-3-7(12)6(11)2-8(9)13/h2-3,5,16H,4H2,1H3,(H2,14,15,17)/t5-/m0/s1. The molecule has 7 heteroatoms. The average molecular weight is 309 g/mol. The number of benzene rings is 1. The minimum Gasteiger partial charge on any atom is -0.394 e. The number of carbonyl (C=O) groups is 1. The number of aliphatic hydroxyl groups is 1. The second-order valence-electron chi connectivity index (χ2n) is 3.43. The van der Waals surface area contributed by atoms with Crippen molar-refractivity contribution in [2.75, 3.05) is 11.9 Å². The first-order valence-electron chi connectivity index (χ1n) is 4.77. The van der Waals surface area contributed by atoms with E-state index in [1.807, 2.05) is 0 Å². The predicted molar refractivity (Wildman–Crippen MR) is 62.8 cm³/mol. The summed E-state index contributed by atoms with van der Waals surface area (Å²) in [6, 6.07) is 0.591. The molecule has 1 atom stereocenters. The molecule has 0 spiro atoms. The average Bonchev–Trinajstić information content (AvgIpc) is 2.25. The first-order valence-corrected chi connectivity index (χ1v) is 5.56. The van der Waals surface area contributed by atoms with Crippen molar-refractivity contribution in [1.29, 1.82) is 0 Å². The lowest BCUT2D eigenvalue weighted by atomic mass is 10.3. The topological polar surface area (TPSA) is 61.4 Å². The Labute approximate surface area is 105 Å². The lowest BCUT2D eigenvalue weighted by molar-refractivity contribution is 0.229. The molecule has 0 aliphatic rings. The van der Waals surface area contributed by atoms with Gasteiger partial charge in [-0.2, -0.15) is 0 Å². The number of halogens is 3. The number of aliphatic hydroxyl groups excluding tert-OH is 1. The summed E-state index contributed by atoms with van der Waals surface area (Å²) in [4.78, 5) is 11.3. The lowest BCUT2D eigenvalue weighted by Gasteiger charge is -2.12. The molecule has 0 aromatic heterocycles. The highest BCUT2D eigenvalue weighted by atomic mass is 79.9. The molecule has 3 N–H and O–H groups in total. The molecule has 2 amide bonds. The molecular formula is C10H11BrF2N2O2. The van der Waals surface area contributed by atoms with Crippen LogP contribution >= 0.6 is 15.9 Å². The normalized spacial score (nSPS) is 12.1. The van der Waals surface area contributed by atoms with Crippen LogP contribution in [0.4, 0.5) is 19.3 Å². The highest BCUT2D eigenvalue weighted by Crippen LogP contribution is 2.23. The van der Waals surface area contributed by atoms with Crippen LogP contribution in [0.2, 0.25) is 0 Å². The van der Waals surface area contributed by atoms with Gasteiger partial charge in [-0.05, 0) is 28.9 Å². The molecule has 0 fully saturated rings. The molecule has 0 saturated carbocycles. The van der Waals surface area contributed by atoms with E-state index in [2.05, 4.69) is 26.6 Å². The van der Waals surface area contributed by atoms with Gasteiger partial charge in [0.1, 0.15) is 11.6 Å². The van der Waals surface area contributed by atoms with Crippen molar-refractivity contribution in [3.63, 3.8) is 0 Å².